The van der Waals surface area contributed by atoms with Crippen LogP contribution in [0.5, 0.6) is 0 Å². The van der Waals surface area contributed by atoms with Gasteiger partial charge < -0.3 is 5.11 Å². The van der Waals surface area contributed by atoms with E-state index in [1.165, 1.54) is 0 Å². The summed E-state index contributed by atoms with van der Waals surface area (Å²) in [6, 6.07) is 4.95. The number of aliphatic hydroxyl groups is 1. The maximum Gasteiger partial charge on any atom is 0.241 e. The van der Waals surface area contributed by atoms with Crippen molar-refractivity contribution < 1.29 is 13.5 Å². The van der Waals surface area contributed by atoms with Crippen LogP contribution in [0.2, 0.25) is 0 Å². The van der Waals surface area contributed by atoms with Gasteiger partial charge in [-0.2, -0.15) is 0 Å². The topological polar surface area (TPSA) is 66.4 Å². The molecule has 0 fully saturated rings. The van der Waals surface area contributed by atoms with Gasteiger partial charge in [0.1, 0.15) is 0 Å². The molecule has 0 aliphatic rings. The third kappa shape index (κ3) is 3.80. The fourth-order valence-corrected chi connectivity index (χ4v) is 3.19. The van der Waals surface area contributed by atoms with E-state index >= 15 is 0 Å². The van der Waals surface area contributed by atoms with E-state index in [2.05, 4.69) is 4.72 Å². The molecule has 0 amide bonds. The summed E-state index contributed by atoms with van der Waals surface area (Å²) in [6.07, 6.45) is 0.407. The normalized spacial score (nSPS) is 13.6. The number of rotatable bonds is 5. The van der Waals surface area contributed by atoms with Crippen molar-refractivity contribution in [1.29, 1.82) is 0 Å². The molecule has 1 unspecified atom stereocenters. The van der Waals surface area contributed by atoms with Crippen LogP contribution in [0.1, 0.15) is 24.5 Å². The molecule has 5 heteroatoms. The fourth-order valence-electron chi connectivity index (χ4n) is 1.68. The number of aliphatic hydroxyl groups excluding tert-OH is 1. The first kappa shape index (κ1) is 14.2. The Morgan fingerprint density at radius 1 is 1.35 bits per heavy atom. The highest BCUT2D eigenvalue weighted by Gasteiger charge is 2.18. The maximum atomic E-state index is 12.1. The van der Waals surface area contributed by atoms with Gasteiger partial charge in [-0.05, 0) is 38.8 Å². The van der Waals surface area contributed by atoms with E-state index < -0.39 is 10.0 Å². The van der Waals surface area contributed by atoms with Crippen molar-refractivity contribution in [3.63, 3.8) is 0 Å². The van der Waals surface area contributed by atoms with E-state index in [4.69, 9.17) is 5.11 Å². The Bertz CT molecular complexity index is 483. The molecular weight excluding hydrogens is 238 g/mol. The number of hydrogen-bond acceptors (Lipinski definition) is 3. The lowest BCUT2D eigenvalue weighted by Crippen LogP contribution is -2.33. The summed E-state index contributed by atoms with van der Waals surface area (Å²) in [7, 11) is -3.49. The van der Waals surface area contributed by atoms with Gasteiger partial charge in [-0.15, -0.1) is 0 Å². The first-order valence-electron chi connectivity index (χ1n) is 5.57. The highest BCUT2D eigenvalue weighted by atomic mass is 32.2. The summed E-state index contributed by atoms with van der Waals surface area (Å²) in [6.45, 7) is 5.40. The largest absolute Gasteiger partial charge is 0.396 e. The molecule has 0 aliphatic heterocycles. The summed E-state index contributed by atoms with van der Waals surface area (Å²) in [5.41, 5.74) is 1.76. The van der Waals surface area contributed by atoms with Gasteiger partial charge in [0.15, 0.2) is 0 Å². The average Bonchev–Trinajstić information content (AvgIpc) is 2.15. The minimum absolute atomic E-state index is 0.0312. The Balaban J connectivity index is 2.97. The molecule has 4 nitrogen and oxygen atoms in total. The summed E-state index contributed by atoms with van der Waals surface area (Å²) >= 11 is 0. The predicted molar refractivity (Wildman–Crippen MR) is 67.4 cm³/mol. The lowest BCUT2D eigenvalue weighted by molar-refractivity contribution is 0.275. The minimum atomic E-state index is -3.49. The lowest BCUT2D eigenvalue weighted by Gasteiger charge is -2.14. The van der Waals surface area contributed by atoms with Gasteiger partial charge in [0.25, 0.3) is 0 Å². The van der Waals surface area contributed by atoms with Crippen molar-refractivity contribution in [3.05, 3.63) is 29.3 Å². The Kier molecular flexibility index (Phi) is 4.68. The van der Waals surface area contributed by atoms with Crippen LogP contribution in [-0.2, 0) is 10.0 Å². The Morgan fingerprint density at radius 2 is 2.00 bits per heavy atom. The molecule has 0 heterocycles. The van der Waals surface area contributed by atoms with E-state index in [9.17, 15) is 8.42 Å². The molecule has 96 valence electrons. The number of nitrogens with one attached hydrogen (secondary N) is 1. The molecule has 0 saturated carbocycles. The lowest BCUT2D eigenvalue weighted by atomic mass is 10.2. The molecule has 1 atom stereocenters. The Labute approximate surface area is 103 Å². The second-order valence-corrected chi connectivity index (χ2v) is 5.99. The van der Waals surface area contributed by atoms with Crippen molar-refractivity contribution in [2.24, 2.45) is 0 Å². The molecule has 0 radical (unpaired) electrons. The van der Waals surface area contributed by atoms with Gasteiger partial charge in [0.05, 0.1) is 4.90 Å². The monoisotopic (exact) mass is 257 g/mol. The molecule has 0 aromatic heterocycles. The Hall–Kier alpha value is -0.910. The zero-order chi connectivity index (χ0) is 13.1. The molecule has 0 saturated heterocycles. The second-order valence-electron chi connectivity index (χ2n) is 4.30. The van der Waals surface area contributed by atoms with Crippen molar-refractivity contribution >= 4 is 10.0 Å². The highest BCUT2D eigenvalue weighted by molar-refractivity contribution is 7.89. The van der Waals surface area contributed by atoms with Crippen LogP contribution in [0.25, 0.3) is 0 Å². The third-order valence-corrected chi connectivity index (χ3v) is 4.29. The average molecular weight is 257 g/mol. The smallest absolute Gasteiger partial charge is 0.241 e. The molecular formula is C12H19NO3S. The first-order chi connectivity index (χ1) is 7.86. The summed E-state index contributed by atoms with van der Waals surface area (Å²) < 4.78 is 26.7. The van der Waals surface area contributed by atoms with Gasteiger partial charge in [-0.1, -0.05) is 17.7 Å². The standard InChI is InChI=1S/C12H19NO3S/c1-9-4-5-12(10(2)8-9)17(15,16)13-11(3)6-7-14/h4-5,8,11,13-14H,6-7H2,1-3H3. The van der Waals surface area contributed by atoms with Crippen LogP contribution < -0.4 is 4.72 Å². The second kappa shape index (κ2) is 5.62. The molecule has 1 rings (SSSR count). The molecule has 1 aromatic rings. The van der Waals surface area contributed by atoms with Gasteiger partial charge in [-0.25, -0.2) is 13.1 Å². The van der Waals surface area contributed by atoms with Gasteiger partial charge >= 0.3 is 0 Å². The first-order valence-corrected chi connectivity index (χ1v) is 7.05. The van der Waals surface area contributed by atoms with Crippen LogP contribution in [-0.4, -0.2) is 26.2 Å². The summed E-state index contributed by atoms with van der Waals surface area (Å²) in [4.78, 5) is 0.299. The number of sulfonamides is 1. The molecule has 0 aliphatic carbocycles. The number of aryl methyl sites for hydroxylation is 2. The zero-order valence-corrected chi connectivity index (χ0v) is 11.2. The van der Waals surface area contributed by atoms with E-state index in [1.807, 2.05) is 13.0 Å². The van der Waals surface area contributed by atoms with Crippen LogP contribution >= 0.6 is 0 Å². The number of benzene rings is 1. The fraction of sp³-hybridized carbons (Fsp3) is 0.500. The van der Waals surface area contributed by atoms with Crippen LogP contribution in [0, 0.1) is 13.8 Å². The molecule has 0 spiro atoms. The van der Waals surface area contributed by atoms with Crippen molar-refractivity contribution in [2.75, 3.05) is 6.61 Å². The van der Waals surface area contributed by atoms with E-state index in [0.29, 0.717) is 11.3 Å². The summed E-state index contributed by atoms with van der Waals surface area (Å²) in [5, 5.41) is 8.76. The van der Waals surface area contributed by atoms with Crippen molar-refractivity contribution in [1.82, 2.24) is 4.72 Å². The summed E-state index contributed by atoms with van der Waals surface area (Å²) in [5.74, 6) is 0. The van der Waals surface area contributed by atoms with Gasteiger partial charge in [0, 0.05) is 12.6 Å². The van der Waals surface area contributed by atoms with Gasteiger partial charge in [0.2, 0.25) is 10.0 Å². The number of hydrogen-bond donors (Lipinski definition) is 2. The van der Waals surface area contributed by atoms with Crippen LogP contribution in [0.15, 0.2) is 23.1 Å². The third-order valence-electron chi connectivity index (χ3n) is 2.54. The van der Waals surface area contributed by atoms with Gasteiger partial charge in [-0.3, -0.25) is 0 Å². The molecule has 0 bridgehead atoms. The predicted octanol–water partition coefficient (Wildman–Crippen LogP) is 1.35. The van der Waals surface area contributed by atoms with E-state index in [1.54, 1.807) is 26.0 Å². The van der Waals surface area contributed by atoms with Crippen LogP contribution in [0.3, 0.4) is 0 Å². The maximum absolute atomic E-state index is 12.1. The van der Waals surface area contributed by atoms with E-state index in [0.717, 1.165) is 11.1 Å². The zero-order valence-electron chi connectivity index (χ0n) is 10.4. The quantitative estimate of drug-likeness (QED) is 0.837. The van der Waals surface area contributed by atoms with Crippen molar-refractivity contribution in [3.8, 4) is 0 Å². The SMILES string of the molecule is Cc1ccc(S(=O)(=O)NC(C)CCO)c(C)c1. The van der Waals surface area contributed by atoms with Crippen LogP contribution in [0.4, 0.5) is 0 Å². The minimum Gasteiger partial charge on any atom is -0.396 e. The molecule has 17 heavy (non-hydrogen) atoms. The molecule has 2 N–H and O–H groups in total. The Morgan fingerprint density at radius 3 is 2.53 bits per heavy atom. The van der Waals surface area contributed by atoms with E-state index in [-0.39, 0.29) is 12.6 Å². The highest BCUT2D eigenvalue weighted by Crippen LogP contribution is 2.16. The van der Waals surface area contributed by atoms with Crippen molar-refractivity contribution in [2.45, 2.75) is 38.1 Å². The molecule has 1 aromatic carbocycles.